The van der Waals surface area contributed by atoms with Gasteiger partial charge in [-0.15, -0.1) is 0 Å². The molecule has 112 valence electrons. The number of ether oxygens (including phenoxy) is 1. The summed E-state index contributed by atoms with van der Waals surface area (Å²) in [5.41, 5.74) is 2.46. The van der Waals surface area contributed by atoms with E-state index in [1.807, 2.05) is 0 Å². The molecule has 0 bridgehead atoms. The molecule has 1 fully saturated rings. The van der Waals surface area contributed by atoms with Crippen LogP contribution in [0.25, 0.3) is 0 Å². The fourth-order valence-electron chi connectivity index (χ4n) is 2.75. The van der Waals surface area contributed by atoms with Crippen molar-refractivity contribution in [3.63, 3.8) is 0 Å². The second-order valence-corrected chi connectivity index (χ2v) is 5.76. The van der Waals surface area contributed by atoms with Crippen LogP contribution in [0.1, 0.15) is 63.6 Å². The zero-order valence-electron chi connectivity index (χ0n) is 13.0. The molecule has 1 N–H and O–H groups in total. The minimum atomic E-state index is 0.385. The van der Waals surface area contributed by atoms with E-state index in [0.717, 1.165) is 37.5 Å². The molecule has 1 heterocycles. The first kappa shape index (κ1) is 15.3. The lowest BCUT2D eigenvalue weighted by molar-refractivity contribution is 0.200. The van der Waals surface area contributed by atoms with Crippen LogP contribution in [0.4, 0.5) is 0 Å². The molecule has 3 nitrogen and oxygen atoms in total. The Morgan fingerprint density at radius 3 is 2.70 bits per heavy atom. The van der Waals surface area contributed by atoms with E-state index >= 15 is 0 Å². The molecule has 0 atom stereocenters. The predicted molar refractivity (Wildman–Crippen MR) is 83.1 cm³/mol. The van der Waals surface area contributed by atoms with E-state index in [2.05, 4.69) is 36.3 Å². The second-order valence-electron chi connectivity index (χ2n) is 5.76. The largest absolute Gasteiger partial charge is 0.474 e. The van der Waals surface area contributed by atoms with Crippen molar-refractivity contribution in [1.82, 2.24) is 10.3 Å². The van der Waals surface area contributed by atoms with Crippen LogP contribution in [-0.4, -0.2) is 17.6 Å². The van der Waals surface area contributed by atoms with Crippen LogP contribution >= 0.6 is 0 Å². The molecule has 1 saturated carbocycles. The highest BCUT2D eigenvalue weighted by atomic mass is 16.5. The number of pyridine rings is 1. The molecule has 1 aliphatic carbocycles. The summed E-state index contributed by atoms with van der Waals surface area (Å²) in [7, 11) is 0. The minimum absolute atomic E-state index is 0.385. The normalized spacial score (nSPS) is 15.7. The van der Waals surface area contributed by atoms with Crippen molar-refractivity contribution in [2.75, 3.05) is 6.54 Å². The van der Waals surface area contributed by atoms with Gasteiger partial charge in [0.1, 0.15) is 6.10 Å². The van der Waals surface area contributed by atoms with Crippen LogP contribution in [0.15, 0.2) is 12.1 Å². The number of hydrogen-bond donors (Lipinski definition) is 1. The standard InChI is InChI=1S/C17H28N2O/c1-3-7-15-11-14(13-18-10-4-2)12-17(19-15)20-16-8-5-6-9-16/h11-12,16,18H,3-10,13H2,1-2H3. The van der Waals surface area contributed by atoms with E-state index in [1.165, 1.54) is 37.7 Å². The first-order valence-electron chi connectivity index (χ1n) is 8.19. The van der Waals surface area contributed by atoms with Crippen LogP contribution in [0.3, 0.4) is 0 Å². The van der Waals surface area contributed by atoms with Crippen LogP contribution in [0, 0.1) is 0 Å². The lowest BCUT2D eigenvalue weighted by Crippen LogP contribution is -2.16. The summed E-state index contributed by atoms with van der Waals surface area (Å²) in [6.45, 7) is 6.36. The Balaban J connectivity index is 2.03. The number of nitrogens with one attached hydrogen (secondary N) is 1. The average Bonchev–Trinajstić information content (AvgIpc) is 2.92. The number of rotatable bonds is 8. The first-order chi connectivity index (χ1) is 9.81. The predicted octanol–water partition coefficient (Wildman–Crippen LogP) is 3.86. The number of aromatic nitrogens is 1. The molecule has 0 unspecified atom stereocenters. The Hall–Kier alpha value is -1.09. The Morgan fingerprint density at radius 1 is 1.20 bits per heavy atom. The van der Waals surface area contributed by atoms with Crippen molar-refractivity contribution in [2.24, 2.45) is 0 Å². The lowest BCUT2D eigenvalue weighted by Gasteiger charge is -2.14. The summed E-state index contributed by atoms with van der Waals surface area (Å²) in [5, 5.41) is 3.46. The smallest absolute Gasteiger partial charge is 0.214 e. The SMILES string of the molecule is CCCNCc1cc(CCC)nc(OC2CCCC2)c1. The average molecular weight is 276 g/mol. The van der Waals surface area contributed by atoms with E-state index in [9.17, 15) is 0 Å². The molecule has 0 spiro atoms. The summed E-state index contributed by atoms with van der Waals surface area (Å²) in [6, 6.07) is 4.33. The van der Waals surface area contributed by atoms with E-state index in [-0.39, 0.29) is 0 Å². The van der Waals surface area contributed by atoms with Crippen LogP contribution in [0.5, 0.6) is 5.88 Å². The highest BCUT2D eigenvalue weighted by Crippen LogP contribution is 2.24. The molecular weight excluding hydrogens is 248 g/mol. The minimum Gasteiger partial charge on any atom is -0.474 e. The number of hydrogen-bond acceptors (Lipinski definition) is 3. The third-order valence-electron chi connectivity index (χ3n) is 3.77. The van der Waals surface area contributed by atoms with Gasteiger partial charge in [0.25, 0.3) is 0 Å². The van der Waals surface area contributed by atoms with Crippen molar-refractivity contribution in [3.05, 3.63) is 23.4 Å². The summed E-state index contributed by atoms with van der Waals surface area (Å²) in [4.78, 5) is 4.66. The molecule has 2 rings (SSSR count). The summed E-state index contributed by atoms with van der Waals surface area (Å²) in [5.74, 6) is 0.830. The van der Waals surface area contributed by atoms with Gasteiger partial charge in [0.15, 0.2) is 0 Å². The van der Waals surface area contributed by atoms with Gasteiger partial charge in [-0.25, -0.2) is 4.98 Å². The Kier molecular flexibility index (Phi) is 6.31. The first-order valence-corrected chi connectivity index (χ1v) is 8.19. The Bertz CT molecular complexity index is 400. The zero-order valence-corrected chi connectivity index (χ0v) is 13.0. The van der Waals surface area contributed by atoms with Gasteiger partial charge in [0, 0.05) is 18.3 Å². The second kappa shape index (κ2) is 8.25. The highest BCUT2D eigenvalue weighted by Gasteiger charge is 2.17. The van der Waals surface area contributed by atoms with Gasteiger partial charge in [-0.1, -0.05) is 20.3 Å². The maximum atomic E-state index is 6.07. The fourth-order valence-corrected chi connectivity index (χ4v) is 2.75. The van der Waals surface area contributed by atoms with Gasteiger partial charge in [-0.2, -0.15) is 0 Å². The van der Waals surface area contributed by atoms with Crippen molar-refractivity contribution in [1.29, 1.82) is 0 Å². The van der Waals surface area contributed by atoms with Crippen molar-refractivity contribution in [3.8, 4) is 5.88 Å². The fraction of sp³-hybridized carbons (Fsp3) is 0.706. The van der Waals surface area contributed by atoms with Gasteiger partial charge < -0.3 is 10.1 Å². The van der Waals surface area contributed by atoms with E-state index in [0.29, 0.717) is 6.10 Å². The van der Waals surface area contributed by atoms with Gasteiger partial charge in [0.05, 0.1) is 0 Å². The molecule has 0 radical (unpaired) electrons. The topological polar surface area (TPSA) is 34.2 Å². The zero-order chi connectivity index (χ0) is 14.2. The molecule has 0 aliphatic heterocycles. The van der Waals surface area contributed by atoms with Crippen LogP contribution in [-0.2, 0) is 13.0 Å². The van der Waals surface area contributed by atoms with Gasteiger partial charge in [-0.05, 0) is 56.7 Å². The molecule has 1 aromatic rings. The summed E-state index contributed by atoms with van der Waals surface area (Å²) < 4.78 is 6.07. The third kappa shape index (κ3) is 4.78. The molecule has 0 saturated heterocycles. The van der Waals surface area contributed by atoms with Gasteiger partial charge >= 0.3 is 0 Å². The molecule has 1 aromatic heterocycles. The maximum Gasteiger partial charge on any atom is 0.214 e. The quantitative estimate of drug-likeness (QED) is 0.732. The van der Waals surface area contributed by atoms with E-state index in [4.69, 9.17) is 4.74 Å². The number of aryl methyl sites for hydroxylation is 1. The molecular formula is C17H28N2O. The Morgan fingerprint density at radius 2 is 2.00 bits per heavy atom. The van der Waals surface area contributed by atoms with Gasteiger partial charge in [0.2, 0.25) is 5.88 Å². The monoisotopic (exact) mass is 276 g/mol. The number of nitrogens with zero attached hydrogens (tertiary/aromatic N) is 1. The van der Waals surface area contributed by atoms with Gasteiger partial charge in [-0.3, -0.25) is 0 Å². The summed E-state index contributed by atoms with van der Waals surface area (Å²) in [6.07, 6.45) is 8.67. The van der Waals surface area contributed by atoms with E-state index in [1.54, 1.807) is 0 Å². The van der Waals surface area contributed by atoms with Crippen LogP contribution in [0.2, 0.25) is 0 Å². The molecule has 1 aliphatic rings. The van der Waals surface area contributed by atoms with Crippen molar-refractivity contribution in [2.45, 2.75) is 71.4 Å². The molecule has 0 amide bonds. The van der Waals surface area contributed by atoms with Crippen LogP contribution < -0.4 is 10.1 Å². The van der Waals surface area contributed by atoms with E-state index < -0.39 is 0 Å². The highest BCUT2D eigenvalue weighted by molar-refractivity contribution is 5.25. The molecule has 0 aromatic carbocycles. The third-order valence-corrected chi connectivity index (χ3v) is 3.77. The molecule has 3 heteroatoms. The maximum absolute atomic E-state index is 6.07. The lowest BCUT2D eigenvalue weighted by atomic mass is 10.1. The van der Waals surface area contributed by atoms with Crippen molar-refractivity contribution >= 4 is 0 Å². The van der Waals surface area contributed by atoms with Crippen molar-refractivity contribution < 1.29 is 4.74 Å². The summed E-state index contributed by atoms with van der Waals surface area (Å²) >= 11 is 0. The molecule has 20 heavy (non-hydrogen) atoms. The Labute approximate surface area is 123 Å².